The highest BCUT2D eigenvalue weighted by atomic mass is 16.1. The Balaban J connectivity index is -0.00000103. The van der Waals surface area contributed by atoms with E-state index in [9.17, 15) is 4.79 Å². The summed E-state index contributed by atoms with van der Waals surface area (Å²) < 4.78 is 0. The largest absolute Gasteiger partial charge is 0.398 e. The lowest BCUT2D eigenvalue weighted by atomic mass is 9.98. The molecule has 1 rings (SSSR count). The summed E-state index contributed by atoms with van der Waals surface area (Å²) in [6.07, 6.45) is 14.7. The number of nitrogens with one attached hydrogen (secondary N) is 3. The van der Waals surface area contributed by atoms with Crippen molar-refractivity contribution in [2.75, 3.05) is 12.3 Å². The molecular weight excluding hydrogens is 362 g/mol. The third-order valence-corrected chi connectivity index (χ3v) is 3.02. The Bertz CT molecular complexity index is 743. The van der Waals surface area contributed by atoms with Gasteiger partial charge in [0.15, 0.2) is 0 Å². The molecule has 0 radical (unpaired) electrons. The molecule has 6 heteroatoms. The van der Waals surface area contributed by atoms with E-state index < -0.39 is 0 Å². The number of amides is 1. The number of rotatable bonds is 7. The zero-order chi connectivity index (χ0) is 23.4. The number of hydrogen-bond acceptors (Lipinski definition) is 4. The number of nitrogens with two attached hydrogens (primary N) is 2. The zero-order valence-corrected chi connectivity index (χ0v) is 18.2. The number of carbonyl (C=O) groups excluding carboxylic acids is 1. The maximum atomic E-state index is 10.8. The van der Waals surface area contributed by atoms with Crippen LogP contribution in [0.2, 0.25) is 0 Å². The second-order valence-electron chi connectivity index (χ2n) is 4.78. The summed E-state index contributed by atoms with van der Waals surface area (Å²) in [5, 5.41) is 18.4. The molecule has 0 bridgehead atoms. The fraction of sp³-hybridized carbons (Fsp3) is 0.261. The molecule has 0 fully saturated rings. The first kappa shape index (κ1) is 30.1. The van der Waals surface area contributed by atoms with Crippen LogP contribution in [-0.2, 0) is 4.79 Å². The lowest BCUT2D eigenvalue weighted by Gasteiger charge is -2.10. The molecule has 0 aliphatic rings. The third kappa shape index (κ3) is 12.4. The standard InChI is InChI=1S/C17H21N5O.2C2H6.C2H2/c1-3-12(6-4-5-9-22-11(2)23)16(19)14-10-13(17(20)21)7-8-15(14)18;3*1-2/h3-8,10,19H,1,9,18H2,2H3,(H3,20,21)(H,22,23);2*1-2H3;1-2H/b5-4-,12-6+,19-16?;;;. The Morgan fingerprint density at radius 3 is 2.21 bits per heavy atom. The minimum Gasteiger partial charge on any atom is -0.398 e. The van der Waals surface area contributed by atoms with Crippen LogP contribution in [0, 0.1) is 23.7 Å². The predicted molar refractivity (Wildman–Crippen MR) is 127 cm³/mol. The van der Waals surface area contributed by atoms with E-state index >= 15 is 0 Å². The summed E-state index contributed by atoms with van der Waals surface area (Å²) in [7, 11) is 0. The highest BCUT2D eigenvalue weighted by Gasteiger charge is 2.10. The first-order valence-electron chi connectivity index (χ1n) is 9.27. The van der Waals surface area contributed by atoms with Crippen molar-refractivity contribution in [3.8, 4) is 12.8 Å². The van der Waals surface area contributed by atoms with Gasteiger partial charge in [-0.25, -0.2) is 0 Å². The lowest BCUT2D eigenvalue weighted by Crippen LogP contribution is -2.19. The number of hydrogen-bond donors (Lipinski definition) is 5. The maximum absolute atomic E-state index is 10.8. The lowest BCUT2D eigenvalue weighted by molar-refractivity contribution is -0.118. The van der Waals surface area contributed by atoms with E-state index in [-0.39, 0.29) is 17.5 Å². The minimum atomic E-state index is -0.107. The second-order valence-corrected chi connectivity index (χ2v) is 4.78. The molecule has 1 aromatic rings. The van der Waals surface area contributed by atoms with Crippen molar-refractivity contribution < 1.29 is 4.79 Å². The van der Waals surface area contributed by atoms with E-state index in [4.69, 9.17) is 22.3 Å². The molecule has 0 aromatic heterocycles. The summed E-state index contributed by atoms with van der Waals surface area (Å²) in [6.45, 7) is 13.6. The highest BCUT2D eigenvalue weighted by molar-refractivity contribution is 6.16. The number of amidine groups is 1. The summed E-state index contributed by atoms with van der Waals surface area (Å²) in [5.41, 5.74) is 13.6. The van der Waals surface area contributed by atoms with Gasteiger partial charge in [-0.15, -0.1) is 12.8 Å². The van der Waals surface area contributed by atoms with E-state index in [2.05, 4.69) is 24.7 Å². The quantitative estimate of drug-likeness (QED) is 0.157. The summed E-state index contributed by atoms with van der Waals surface area (Å²) in [5.74, 6) is -0.192. The van der Waals surface area contributed by atoms with Crippen LogP contribution in [0.1, 0.15) is 45.7 Å². The Morgan fingerprint density at radius 2 is 1.76 bits per heavy atom. The van der Waals surface area contributed by atoms with E-state index in [0.717, 1.165) is 0 Å². The van der Waals surface area contributed by atoms with Crippen molar-refractivity contribution in [1.29, 1.82) is 10.8 Å². The SMILES string of the molecule is C#C.C=C/C(=C\C=C/CNC(C)=O)C(=N)c1cc(C(=N)N)ccc1N.CC.CC. The van der Waals surface area contributed by atoms with Gasteiger partial charge < -0.3 is 16.8 Å². The fourth-order valence-electron chi connectivity index (χ4n) is 1.79. The molecule has 0 spiro atoms. The second kappa shape index (κ2) is 19.2. The van der Waals surface area contributed by atoms with Gasteiger partial charge >= 0.3 is 0 Å². The van der Waals surface area contributed by atoms with Gasteiger partial charge in [0, 0.05) is 30.3 Å². The molecule has 6 nitrogen and oxygen atoms in total. The van der Waals surface area contributed by atoms with Crippen LogP contribution in [0.5, 0.6) is 0 Å². The van der Waals surface area contributed by atoms with Gasteiger partial charge in [-0.2, -0.15) is 0 Å². The highest BCUT2D eigenvalue weighted by Crippen LogP contribution is 2.18. The van der Waals surface area contributed by atoms with Crippen molar-refractivity contribution in [2.24, 2.45) is 5.73 Å². The molecule has 0 aliphatic heterocycles. The molecule has 0 aliphatic carbocycles. The molecule has 29 heavy (non-hydrogen) atoms. The summed E-state index contributed by atoms with van der Waals surface area (Å²) in [4.78, 5) is 10.8. The fourth-order valence-corrected chi connectivity index (χ4v) is 1.79. The average molecular weight is 398 g/mol. The first-order valence-corrected chi connectivity index (χ1v) is 9.27. The Morgan fingerprint density at radius 1 is 1.21 bits per heavy atom. The van der Waals surface area contributed by atoms with E-state index in [1.807, 2.05) is 27.7 Å². The number of anilines is 1. The van der Waals surface area contributed by atoms with Crippen molar-refractivity contribution in [3.05, 3.63) is 65.8 Å². The van der Waals surface area contributed by atoms with E-state index in [1.165, 1.54) is 6.92 Å². The molecule has 0 saturated carbocycles. The number of terminal acetylenes is 1. The van der Waals surface area contributed by atoms with Crippen LogP contribution in [0.15, 0.2) is 54.7 Å². The predicted octanol–water partition coefficient (Wildman–Crippen LogP) is 4.03. The van der Waals surface area contributed by atoms with Crippen LogP contribution in [0.3, 0.4) is 0 Å². The molecule has 1 aromatic carbocycles. The Kier molecular flexibility index (Phi) is 19.9. The van der Waals surface area contributed by atoms with Crippen LogP contribution in [-0.4, -0.2) is 24.0 Å². The maximum Gasteiger partial charge on any atom is 0.217 e. The van der Waals surface area contributed by atoms with Gasteiger partial charge in [0.05, 0.1) is 5.71 Å². The van der Waals surface area contributed by atoms with Crippen molar-refractivity contribution >= 4 is 23.1 Å². The number of benzene rings is 1. The number of nitrogen functional groups attached to an aromatic ring is 2. The van der Waals surface area contributed by atoms with Crippen molar-refractivity contribution in [1.82, 2.24) is 5.32 Å². The first-order chi connectivity index (χ1) is 13.9. The van der Waals surface area contributed by atoms with Gasteiger partial charge in [-0.05, 0) is 23.8 Å². The van der Waals surface area contributed by atoms with Gasteiger partial charge in [0.25, 0.3) is 0 Å². The van der Waals surface area contributed by atoms with Crippen LogP contribution in [0.4, 0.5) is 5.69 Å². The van der Waals surface area contributed by atoms with Gasteiger partial charge in [0.1, 0.15) is 5.84 Å². The zero-order valence-electron chi connectivity index (χ0n) is 18.2. The minimum absolute atomic E-state index is 0.0848. The molecule has 0 atom stereocenters. The van der Waals surface area contributed by atoms with Gasteiger partial charge in [0.2, 0.25) is 5.91 Å². The normalized spacial score (nSPS) is 9.41. The van der Waals surface area contributed by atoms with E-state index in [0.29, 0.717) is 28.9 Å². The molecule has 0 unspecified atom stereocenters. The Hall–Kier alpha value is -3.59. The number of carbonyl (C=O) groups is 1. The molecule has 0 heterocycles. The average Bonchev–Trinajstić information content (AvgIpc) is 2.74. The molecule has 158 valence electrons. The van der Waals surface area contributed by atoms with Crippen LogP contribution in [0.25, 0.3) is 0 Å². The molecule has 1 amide bonds. The molecular formula is C23H35N5O. The monoisotopic (exact) mass is 397 g/mol. The van der Waals surface area contributed by atoms with Gasteiger partial charge in [-0.3, -0.25) is 15.6 Å². The third-order valence-electron chi connectivity index (χ3n) is 3.02. The molecule has 7 N–H and O–H groups in total. The van der Waals surface area contributed by atoms with E-state index in [1.54, 1.807) is 42.5 Å². The van der Waals surface area contributed by atoms with Crippen molar-refractivity contribution in [2.45, 2.75) is 34.6 Å². The van der Waals surface area contributed by atoms with Crippen LogP contribution >= 0.6 is 0 Å². The topological polar surface area (TPSA) is 129 Å². The van der Waals surface area contributed by atoms with Gasteiger partial charge in [-0.1, -0.05) is 58.6 Å². The number of allylic oxidation sites excluding steroid dienone is 4. The summed E-state index contributed by atoms with van der Waals surface area (Å²) >= 11 is 0. The smallest absolute Gasteiger partial charge is 0.217 e. The van der Waals surface area contributed by atoms with Crippen molar-refractivity contribution in [3.63, 3.8) is 0 Å². The molecule has 0 saturated heterocycles. The van der Waals surface area contributed by atoms with Crippen LogP contribution < -0.4 is 16.8 Å². The summed E-state index contributed by atoms with van der Waals surface area (Å²) in [6, 6.07) is 4.87. The Labute approximate surface area is 175 Å².